The van der Waals surface area contributed by atoms with Crippen LogP contribution in [0.1, 0.15) is 38.0 Å². The number of carboxylic acids is 2. The van der Waals surface area contributed by atoms with Gasteiger partial charge in [-0.25, -0.2) is 9.59 Å². The summed E-state index contributed by atoms with van der Waals surface area (Å²) in [6.45, 7) is 2.89. The number of aromatic nitrogens is 1. The summed E-state index contributed by atoms with van der Waals surface area (Å²) in [7, 11) is 3.37. The number of ether oxygens (including phenoxy) is 1. The molecule has 1 aliphatic rings. The van der Waals surface area contributed by atoms with Crippen molar-refractivity contribution in [2.45, 2.75) is 12.5 Å². The lowest BCUT2D eigenvalue weighted by Gasteiger charge is -2.34. The van der Waals surface area contributed by atoms with Gasteiger partial charge in [0, 0.05) is 39.8 Å². The minimum Gasteiger partial charge on any atom is -0.485 e. The first kappa shape index (κ1) is 25.8. The molecule has 12 heteroatoms. The van der Waals surface area contributed by atoms with Crippen molar-refractivity contribution >= 4 is 41.0 Å². The van der Waals surface area contributed by atoms with Gasteiger partial charge >= 0.3 is 11.9 Å². The fourth-order valence-electron chi connectivity index (χ4n) is 4.06. The van der Waals surface area contributed by atoms with Crippen LogP contribution in [0, 0.1) is 0 Å². The fraction of sp³-hybridized carbons (Fsp3) is 0.409. The topological polar surface area (TPSA) is 138 Å². The van der Waals surface area contributed by atoms with E-state index in [1.54, 1.807) is 12.1 Å². The summed E-state index contributed by atoms with van der Waals surface area (Å²) in [5.74, 6) is -4.99. The molecule has 1 fully saturated rings. The Balaban J connectivity index is 2.03. The van der Waals surface area contributed by atoms with Gasteiger partial charge in [0.1, 0.15) is 12.2 Å². The summed E-state index contributed by atoms with van der Waals surface area (Å²) >= 11 is 12.0. The van der Waals surface area contributed by atoms with Crippen molar-refractivity contribution in [2.75, 3.05) is 39.8 Å². The first-order chi connectivity index (χ1) is 16.0. The summed E-state index contributed by atoms with van der Waals surface area (Å²) < 4.78 is 6.88. The van der Waals surface area contributed by atoms with Crippen LogP contribution >= 0.6 is 23.2 Å². The maximum absolute atomic E-state index is 12.5. The van der Waals surface area contributed by atoms with Crippen LogP contribution in [0.4, 0.5) is 0 Å². The number of primary amides is 1. The normalized spacial score (nSPS) is 15.8. The highest BCUT2D eigenvalue weighted by Gasteiger charge is 2.37. The Morgan fingerprint density at radius 2 is 1.71 bits per heavy atom. The van der Waals surface area contributed by atoms with Crippen LogP contribution in [0.2, 0.25) is 10.0 Å². The molecule has 0 radical (unpaired) electrons. The van der Waals surface area contributed by atoms with Gasteiger partial charge in [-0.1, -0.05) is 29.3 Å². The number of hydrogen-bond donors (Lipinski definition) is 3. The molecular weight excluding hydrogens is 487 g/mol. The molecule has 184 valence electrons. The number of nitrogens with zero attached hydrogens (tertiary/aromatic N) is 3. The second kappa shape index (κ2) is 10.6. The zero-order valence-electron chi connectivity index (χ0n) is 18.8. The Morgan fingerprint density at radius 3 is 2.24 bits per heavy atom. The molecule has 2 aromatic rings. The maximum atomic E-state index is 12.5. The van der Waals surface area contributed by atoms with E-state index in [0.717, 1.165) is 13.1 Å². The van der Waals surface area contributed by atoms with E-state index in [2.05, 4.69) is 4.90 Å². The fourth-order valence-corrected chi connectivity index (χ4v) is 4.38. The highest BCUT2D eigenvalue weighted by molar-refractivity contribution is 6.42. The number of amides is 1. The van der Waals surface area contributed by atoms with E-state index >= 15 is 0 Å². The Bertz CT molecular complexity index is 1110. The average molecular weight is 513 g/mol. The molecule has 1 saturated heterocycles. The number of nitrogens with two attached hydrogens (primary N) is 1. The quantitative estimate of drug-likeness (QED) is 0.464. The Kier molecular flexibility index (Phi) is 8.09. The van der Waals surface area contributed by atoms with Crippen molar-refractivity contribution in [3.8, 4) is 5.75 Å². The van der Waals surface area contributed by atoms with Crippen LogP contribution in [0.5, 0.6) is 5.75 Å². The van der Waals surface area contributed by atoms with Crippen LogP contribution in [-0.2, 0) is 18.4 Å². The van der Waals surface area contributed by atoms with Crippen LogP contribution in [-0.4, -0.2) is 82.2 Å². The number of carbonyl (C=O) groups is 3. The van der Waals surface area contributed by atoms with Gasteiger partial charge in [0.05, 0.1) is 21.7 Å². The van der Waals surface area contributed by atoms with Gasteiger partial charge in [0.2, 0.25) is 5.91 Å². The minimum absolute atomic E-state index is 0.0135. The molecule has 1 amide bonds. The SMILES string of the molecule is CN1CCN(CC(C(N)=O)c2c(C(=O)O)c(OCc3ccc(Cl)c(Cl)c3)c(C(=O)O)n2C)CC1. The zero-order valence-corrected chi connectivity index (χ0v) is 20.3. The molecule has 1 unspecified atom stereocenters. The lowest BCUT2D eigenvalue weighted by molar-refractivity contribution is -0.120. The Morgan fingerprint density at radius 1 is 1.06 bits per heavy atom. The molecule has 4 N–H and O–H groups in total. The predicted octanol–water partition coefficient (Wildman–Crippen LogP) is 2.12. The highest BCUT2D eigenvalue weighted by atomic mass is 35.5. The Hall–Kier alpha value is -2.79. The van der Waals surface area contributed by atoms with Crippen molar-refractivity contribution in [1.82, 2.24) is 14.4 Å². The Labute approximate surface area is 206 Å². The third-order valence-electron chi connectivity index (χ3n) is 5.89. The lowest BCUT2D eigenvalue weighted by atomic mass is 9.99. The van der Waals surface area contributed by atoms with Gasteiger partial charge < -0.3 is 30.2 Å². The van der Waals surface area contributed by atoms with E-state index in [-0.39, 0.29) is 29.6 Å². The minimum atomic E-state index is -1.42. The number of halogens is 2. The van der Waals surface area contributed by atoms with Gasteiger partial charge in [-0.2, -0.15) is 0 Å². The zero-order chi connectivity index (χ0) is 25.2. The van der Waals surface area contributed by atoms with E-state index in [1.807, 2.05) is 11.9 Å². The maximum Gasteiger partial charge on any atom is 0.356 e. The highest BCUT2D eigenvalue weighted by Crippen LogP contribution is 2.36. The second-order valence-corrected chi connectivity index (χ2v) is 9.02. The monoisotopic (exact) mass is 512 g/mol. The standard InChI is InChI=1S/C22H26Cl2N4O6/c1-26-5-7-28(8-6-26)10-13(20(25)29)17-16(21(30)31)19(18(22(32)33)27(17)2)34-11-12-3-4-14(23)15(24)9-12/h3-4,9,13H,5-8,10-11H2,1-2H3,(H2,25,29)(H,30,31)(H,32,33). The molecular formula is C22H26Cl2N4O6. The van der Waals surface area contributed by atoms with Gasteiger partial charge in [-0.15, -0.1) is 0 Å². The third kappa shape index (κ3) is 5.47. The smallest absolute Gasteiger partial charge is 0.356 e. The van der Waals surface area contributed by atoms with Crippen LogP contribution in [0.3, 0.4) is 0 Å². The van der Waals surface area contributed by atoms with Crippen LogP contribution in [0.25, 0.3) is 0 Å². The molecule has 0 saturated carbocycles. The molecule has 34 heavy (non-hydrogen) atoms. The first-order valence-corrected chi connectivity index (χ1v) is 11.2. The van der Waals surface area contributed by atoms with Gasteiger partial charge in [0.25, 0.3) is 0 Å². The van der Waals surface area contributed by atoms with Crippen LogP contribution in [0.15, 0.2) is 18.2 Å². The number of carbonyl (C=O) groups excluding carboxylic acids is 1. The molecule has 1 atom stereocenters. The summed E-state index contributed by atoms with van der Waals surface area (Å²) in [5, 5.41) is 20.5. The van der Waals surface area contributed by atoms with Crippen molar-refractivity contribution in [3.63, 3.8) is 0 Å². The van der Waals surface area contributed by atoms with E-state index in [1.165, 1.54) is 17.7 Å². The molecule has 3 rings (SSSR count). The largest absolute Gasteiger partial charge is 0.485 e. The van der Waals surface area contributed by atoms with Crippen molar-refractivity contribution in [2.24, 2.45) is 12.8 Å². The number of hydrogen-bond acceptors (Lipinski definition) is 6. The molecule has 2 heterocycles. The molecule has 0 spiro atoms. The second-order valence-electron chi connectivity index (χ2n) is 8.20. The van der Waals surface area contributed by atoms with Crippen molar-refractivity contribution in [3.05, 3.63) is 50.8 Å². The van der Waals surface area contributed by atoms with Gasteiger partial charge in [-0.3, -0.25) is 9.69 Å². The number of benzene rings is 1. The molecule has 0 bridgehead atoms. The molecule has 10 nitrogen and oxygen atoms in total. The predicted molar refractivity (Wildman–Crippen MR) is 126 cm³/mol. The van der Waals surface area contributed by atoms with E-state index < -0.39 is 35.0 Å². The summed E-state index contributed by atoms with van der Waals surface area (Å²) in [4.78, 5) is 41.0. The first-order valence-electron chi connectivity index (χ1n) is 10.5. The number of rotatable bonds is 9. The summed E-state index contributed by atoms with van der Waals surface area (Å²) in [5.41, 5.74) is 5.43. The van der Waals surface area contributed by atoms with Crippen molar-refractivity contribution in [1.29, 1.82) is 0 Å². The number of carboxylic acid groups (broad SMARTS) is 2. The molecule has 1 aliphatic heterocycles. The lowest BCUT2D eigenvalue weighted by Crippen LogP contribution is -2.47. The van der Waals surface area contributed by atoms with Gasteiger partial charge in [0.15, 0.2) is 11.4 Å². The van der Waals surface area contributed by atoms with Crippen LogP contribution < -0.4 is 10.5 Å². The number of aromatic carboxylic acids is 2. The van der Waals surface area contributed by atoms with E-state index in [9.17, 15) is 24.6 Å². The number of piperazine rings is 1. The van der Waals surface area contributed by atoms with Crippen molar-refractivity contribution < 1.29 is 29.3 Å². The average Bonchev–Trinajstić information content (AvgIpc) is 3.06. The van der Waals surface area contributed by atoms with E-state index in [4.69, 9.17) is 33.7 Å². The summed E-state index contributed by atoms with van der Waals surface area (Å²) in [6, 6.07) is 4.71. The van der Waals surface area contributed by atoms with E-state index in [0.29, 0.717) is 23.7 Å². The molecule has 1 aromatic carbocycles. The molecule has 1 aromatic heterocycles. The summed E-state index contributed by atoms with van der Waals surface area (Å²) in [6.07, 6.45) is 0. The number of likely N-dealkylation sites (N-methyl/N-ethyl adjacent to an activating group) is 1. The van der Waals surface area contributed by atoms with Gasteiger partial charge in [-0.05, 0) is 24.7 Å². The molecule has 0 aliphatic carbocycles. The third-order valence-corrected chi connectivity index (χ3v) is 6.63.